The van der Waals surface area contributed by atoms with Crippen molar-refractivity contribution in [1.82, 2.24) is 0 Å². The minimum Gasteiger partial charge on any atom is -0.507 e. The number of rotatable bonds is 12. The highest BCUT2D eigenvalue weighted by Gasteiger charge is 2.54. The molecule has 1 heterocycles. The van der Waals surface area contributed by atoms with Crippen molar-refractivity contribution in [2.24, 2.45) is 0 Å². The fourth-order valence-corrected chi connectivity index (χ4v) is 8.75. The van der Waals surface area contributed by atoms with Gasteiger partial charge in [-0.2, -0.15) is 0 Å². The minimum atomic E-state index is -3.15. The third kappa shape index (κ3) is 8.09. The Labute approximate surface area is 356 Å². The maximum absolute atomic E-state index is 14.9. The molecule has 0 aromatic heterocycles. The summed E-state index contributed by atoms with van der Waals surface area (Å²) in [6, 6.07) is 14.3. The van der Waals surface area contributed by atoms with Crippen LogP contribution in [0.25, 0.3) is 12.2 Å². The first-order valence-corrected chi connectivity index (χ1v) is 20.3. The van der Waals surface area contributed by atoms with Crippen LogP contribution in [0.2, 0.25) is 0 Å². The lowest BCUT2D eigenvalue weighted by Gasteiger charge is -2.44. The van der Waals surface area contributed by atoms with Gasteiger partial charge in [-0.25, -0.2) is 0 Å². The molecule has 2 aliphatic carbocycles. The van der Waals surface area contributed by atoms with E-state index in [1.807, 2.05) is 6.07 Å². The molecular formula is C47H48O15. The number of aliphatic hydroxyl groups is 7. The van der Waals surface area contributed by atoms with Gasteiger partial charge in [0.1, 0.15) is 23.4 Å². The fraction of sp³-hybridized carbons (Fsp3) is 0.362. The Hall–Kier alpha value is -5.62. The molecule has 0 amide bonds. The maximum atomic E-state index is 14.9. The quantitative estimate of drug-likeness (QED) is 0.0294. The maximum Gasteiger partial charge on any atom is 0.308 e. The molecule has 15 heteroatoms. The van der Waals surface area contributed by atoms with Gasteiger partial charge >= 0.3 is 5.97 Å². The van der Waals surface area contributed by atoms with E-state index in [-0.39, 0.29) is 57.7 Å². The van der Waals surface area contributed by atoms with E-state index in [1.165, 1.54) is 19.1 Å². The number of hydrogen-bond acceptors (Lipinski definition) is 15. The molecule has 7 rings (SSSR count). The van der Waals surface area contributed by atoms with E-state index in [2.05, 4.69) is 0 Å². The summed E-state index contributed by atoms with van der Waals surface area (Å²) in [4.78, 5) is 55.0. The van der Waals surface area contributed by atoms with Crippen LogP contribution in [0.4, 0.5) is 0 Å². The second-order valence-electron chi connectivity index (χ2n) is 16.0. The van der Waals surface area contributed by atoms with Crippen molar-refractivity contribution in [3.05, 3.63) is 121 Å². The average Bonchev–Trinajstić information content (AvgIpc) is 3.24. The Morgan fingerprint density at radius 2 is 1.58 bits per heavy atom. The van der Waals surface area contributed by atoms with Crippen molar-refractivity contribution in [2.75, 3.05) is 6.61 Å². The van der Waals surface area contributed by atoms with Gasteiger partial charge in [-0.3, -0.25) is 19.2 Å². The number of aldehydes is 1. The van der Waals surface area contributed by atoms with Crippen LogP contribution < -0.4 is 9.47 Å². The normalized spacial score (nSPS) is 21.6. The van der Waals surface area contributed by atoms with E-state index in [1.54, 1.807) is 42.5 Å². The monoisotopic (exact) mass is 852 g/mol. The Bertz CT molecular complexity index is 2460. The number of esters is 1. The summed E-state index contributed by atoms with van der Waals surface area (Å²) >= 11 is 0. The van der Waals surface area contributed by atoms with Gasteiger partial charge in [-0.1, -0.05) is 67.8 Å². The van der Waals surface area contributed by atoms with Gasteiger partial charge in [0.15, 0.2) is 24.0 Å². The van der Waals surface area contributed by atoms with Gasteiger partial charge in [-0.05, 0) is 72.2 Å². The number of fused-ring (bicyclic) bond motifs is 2. The van der Waals surface area contributed by atoms with Crippen LogP contribution in [0, 0.1) is 0 Å². The molecule has 4 aromatic rings. The second kappa shape index (κ2) is 17.6. The molecule has 4 unspecified atom stereocenters. The van der Waals surface area contributed by atoms with E-state index in [0.29, 0.717) is 36.7 Å². The van der Waals surface area contributed by atoms with Crippen LogP contribution in [0.1, 0.15) is 127 Å². The number of hydrogen-bond donors (Lipinski definition) is 8. The number of ketones is 2. The summed E-state index contributed by atoms with van der Waals surface area (Å²) < 4.78 is 17.2. The number of phenols is 1. The lowest BCUT2D eigenvalue weighted by atomic mass is 9.76. The van der Waals surface area contributed by atoms with Gasteiger partial charge in [0.05, 0.1) is 23.9 Å². The predicted octanol–water partition coefficient (Wildman–Crippen LogP) is 3.37. The molecule has 1 aliphatic heterocycles. The number of carbonyl (C=O) groups is 4. The van der Waals surface area contributed by atoms with Crippen LogP contribution in [0.3, 0.4) is 0 Å². The first-order valence-electron chi connectivity index (χ1n) is 20.3. The minimum absolute atomic E-state index is 0.0257. The number of ether oxygens (including phenoxy) is 3. The predicted molar refractivity (Wildman–Crippen MR) is 221 cm³/mol. The highest BCUT2D eigenvalue weighted by atomic mass is 16.7. The molecule has 15 nitrogen and oxygen atoms in total. The standard InChI is InChI=1S/C47H48O15/c1-24-43(55)47(58,59)44(56)45(60-24)62-36-21-32-39(40(52)31(36)19-28-10-7-11-34(33(28)23-50)46(57)15-4-3-5-16-46)42(54)37-29(22-49)20-35(61-25(2)51)30(38(37)41(32)53)13-12-26-8-6-9-27(18-26)14-17-48/h6-13,18,20-21,23-24,43-45,48-49,52,55-59H,3-5,14-17,19,22H2,1-2H3. The van der Waals surface area contributed by atoms with E-state index < -0.39 is 82.8 Å². The SMILES string of the molecule is CC(=O)Oc1cc(CO)c2c(c1C=Cc1cccc(CCO)c1)C(=O)c1cc(OC3OC(C)C(O)C(O)(O)C3O)c(Cc3cccc(C4(O)CCCCC4)c3C=O)c(O)c1C2=O. The Morgan fingerprint density at radius 1 is 0.855 bits per heavy atom. The third-order valence-electron chi connectivity index (χ3n) is 11.9. The van der Waals surface area contributed by atoms with Crippen molar-refractivity contribution in [3.8, 4) is 17.2 Å². The molecule has 4 aromatic carbocycles. The molecule has 0 radical (unpaired) electrons. The molecule has 1 saturated heterocycles. The summed E-state index contributed by atoms with van der Waals surface area (Å²) in [7, 11) is 0. The van der Waals surface area contributed by atoms with Crippen molar-refractivity contribution < 1.29 is 74.2 Å². The topological polar surface area (TPSA) is 258 Å². The molecule has 62 heavy (non-hydrogen) atoms. The summed E-state index contributed by atoms with van der Waals surface area (Å²) in [5.41, 5.74) is -0.996. The Morgan fingerprint density at radius 3 is 2.26 bits per heavy atom. The first-order chi connectivity index (χ1) is 29.5. The number of benzene rings is 4. The summed E-state index contributed by atoms with van der Waals surface area (Å²) in [5, 5.41) is 86.7. The number of carbonyl (C=O) groups excluding carboxylic acids is 4. The van der Waals surface area contributed by atoms with Gasteiger partial charge in [-0.15, -0.1) is 0 Å². The van der Waals surface area contributed by atoms with Crippen LogP contribution in [0.15, 0.2) is 54.6 Å². The van der Waals surface area contributed by atoms with Gasteiger partial charge in [0.2, 0.25) is 12.1 Å². The molecule has 0 spiro atoms. The highest BCUT2D eigenvalue weighted by Crippen LogP contribution is 2.46. The zero-order chi connectivity index (χ0) is 44.7. The highest BCUT2D eigenvalue weighted by molar-refractivity contribution is 6.31. The van der Waals surface area contributed by atoms with E-state index in [9.17, 15) is 60.0 Å². The summed E-state index contributed by atoms with van der Waals surface area (Å²) in [5.74, 6) is -7.07. The summed E-state index contributed by atoms with van der Waals surface area (Å²) in [6.45, 7) is 1.52. The molecule has 0 bridgehead atoms. The lowest BCUT2D eigenvalue weighted by Crippen LogP contribution is -2.67. The fourth-order valence-electron chi connectivity index (χ4n) is 8.75. The third-order valence-corrected chi connectivity index (χ3v) is 11.9. The number of phenolic OH excluding ortho intramolecular Hbond substituents is 1. The van der Waals surface area contributed by atoms with Crippen molar-refractivity contribution >= 4 is 36.0 Å². The van der Waals surface area contributed by atoms with E-state index >= 15 is 0 Å². The smallest absolute Gasteiger partial charge is 0.308 e. The molecule has 4 atom stereocenters. The Balaban J connectivity index is 1.43. The molecule has 326 valence electrons. The molecule has 3 aliphatic rings. The number of aliphatic hydroxyl groups excluding tert-OH is 4. The molecular weight excluding hydrogens is 805 g/mol. The molecule has 8 N–H and O–H groups in total. The summed E-state index contributed by atoms with van der Waals surface area (Å²) in [6.07, 6.45) is -0.798. The largest absolute Gasteiger partial charge is 0.507 e. The second-order valence-corrected chi connectivity index (χ2v) is 16.0. The van der Waals surface area contributed by atoms with Crippen LogP contribution in [-0.2, 0) is 34.6 Å². The van der Waals surface area contributed by atoms with Gasteiger partial charge in [0.25, 0.3) is 0 Å². The molecule has 2 fully saturated rings. The average molecular weight is 853 g/mol. The van der Waals surface area contributed by atoms with Crippen molar-refractivity contribution in [1.29, 1.82) is 0 Å². The lowest BCUT2D eigenvalue weighted by molar-refractivity contribution is -0.371. The first kappa shape index (κ1) is 44.4. The van der Waals surface area contributed by atoms with Crippen molar-refractivity contribution in [3.63, 3.8) is 0 Å². The van der Waals surface area contributed by atoms with Gasteiger partial charge < -0.3 is 55.1 Å². The zero-order valence-electron chi connectivity index (χ0n) is 34.0. The zero-order valence-corrected chi connectivity index (χ0v) is 34.0. The van der Waals surface area contributed by atoms with E-state index in [0.717, 1.165) is 37.8 Å². The van der Waals surface area contributed by atoms with Crippen LogP contribution in [-0.4, -0.2) is 102 Å². The van der Waals surface area contributed by atoms with Crippen LogP contribution >= 0.6 is 0 Å². The van der Waals surface area contributed by atoms with E-state index in [4.69, 9.17) is 14.2 Å². The Kier molecular flexibility index (Phi) is 12.6. The number of aromatic hydroxyl groups is 1. The van der Waals surface area contributed by atoms with Crippen molar-refractivity contribution in [2.45, 2.75) is 101 Å². The molecule has 1 saturated carbocycles. The van der Waals surface area contributed by atoms with Gasteiger partial charge in [0, 0.05) is 53.3 Å². The van der Waals surface area contributed by atoms with Crippen LogP contribution in [0.5, 0.6) is 17.2 Å².